The Morgan fingerprint density at radius 3 is 2.47 bits per heavy atom. The monoisotopic (exact) mass is 446 g/mol. The van der Waals surface area contributed by atoms with Gasteiger partial charge in [0, 0.05) is 52.4 Å². The summed E-state index contributed by atoms with van der Waals surface area (Å²) in [6.45, 7) is 20.4. The molecule has 0 aromatic heterocycles. The van der Waals surface area contributed by atoms with Crippen LogP contribution in [0.15, 0.2) is 23.2 Å². The number of halogens is 1. The standard InChI is InChI=1S/C25H43FN6/c1-5-27-25(32-12-11-22(20-32)19-29(6-2)7-3)28-18-21-9-10-24(23(26)17-21)31-15-13-30(8-4)14-16-31/h9-10,17,22H,5-8,11-16,18-20H2,1-4H3,(H,27,28). The first kappa shape index (κ1) is 24.8. The van der Waals surface area contributed by atoms with E-state index in [1.54, 1.807) is 6.07 Å². The van der Waals surface area contributed by atoms with E-state index in [0.717, 1.165) is 89.2 Å². The van der Waals surface area contributed by atoms with Gasteiger partial charge < -0.3 is 24.9 Å². The first-order chi connectivity index (χ1) is 15.6. The molecule has 3 rings (SSSR count). The van der Waals surface area contributed by atoms with Gasteiger partial charge in [-0.25, -0.2) is 9.38 Å². The van der Waals surface area contributed by atoms with Crippen LogP contribution in [0, 0.1) is 11.7 Å². The normalized spacial score (nSPS) is 20.4. The van der Waals surface area contributed by atoms with Gasteiger partial charge in [0.2, 0.25) is 0 Å². The number of benzene rings is 1. The summed E-state index contributed by atoms with van der Waals surface area (Å²) in [7, 11) is 0. The van der Waals surface area contributed by atoms with Crippen LogP contribution in [0.2, 0.25) is 0 Å². The first-order valence-corrected chi connectivity index (χ1v) is 12.6. The van der Waals surface area contributed by atoms with Crippen molar-refractivity contribution < 1.29 is 4.39 Å². The van der Waals surface area contributed by atoms with Crippen molar-refractivity contribution in [1.82, 2.24) is 20.0 Å². The molecule has 7 heteroatoms. The maximum atomic E-state index is 14.9. The Kier molecular flexibility index (Phi) is 9.60. The summed E-state index contributed by atoms with van der Waals surface area (Å²) in [4.78, 5) is 14.3. The maximum absolute atomic E-state index is 14.9. The van der Waals surface area contributed by atoms with Crippen molar-refractivity contribution in [3.8, 4) is 0 Å². The van der Waals surface area contributed by atoms with Crippen LogP contribution < -0.4 is 10.2 Å². The molecule has 0 spiro atoms. The lowest BCUT2D eigenvalue weighted by atomic mass is 10.1. The number of likely N-dealkylation sites (tertiary alicyclic amines) is 1. The molecule has 0 radical (unpaired) electrons. The molecular formula is C25H43FN6. The van der Waals surface area contributed by atoms with Gasteiger partial charge in [-0.15, -0.1) is 0 Å². The molecule has 2 aliphatic rings. The lowest BCUT2D eigenvalue weighted by molar-refractivity contribution is 0.255. The number of hydrogen-bond donors (Lipinski definition) is 1. The summed E-state index contributed by atoms with van der Waals surface area (Å²) >= 11 is 0. The fraction of sp³-hybridized carbons (Fsp3) is 0.720. The van der Waals surface area contributed by atoms with Crippen molar-refractivity contribution in [2.24, 2.45) is 10.9 Å². The van der Waals surface area contributed by atoms with Crippen molar-refractivity contribution in [1.29, 1.82) is 0 Å². The van der Waals surface area contributed by atoms with Crippen molar-refractivity contribution in [2.75, 3.05) is 76.9 Å². The Morgan fingerprint density at radius 2 is 1.84 bits per heavy atom. The van der Waals surface area contributed by atoms with Crippen molar-refractivity contribution in [3.63, 3.8) is 0 Å². The topological polar surface area (TPSA) is 37.4 Å². The molecule has 2 saturated heterocycles. The van der Waals surface area contributed by atoms with E-state index in [0.29, 0.717) is 12.5 Å². The van der Waals surface area contributed by atoms with Gasteiger partial charge in [0.1, 0.15) is 5.82 Å². The van der Waals surface area contributed by atoms with Gasteiger partial charge in [0.25, 0.3) is 0 Å². The zero-order valence-corrected chi connectivity index (χ0v) is 20.6. The van der Waals surface area contributed by atoms with E-state index in [1.807, 2.05) is 12.1 Å². The van der Waals surface area contributed by atoms with Crippen LogP contribution in [0.3, 0.4) is 0 Å². The third kappa shape index (κ3) is 6.58. The van der Waals surface area contributed by atoms with Crippen molar-refractivity contribution >= 4 is 11.6 Å². The fourth-order valence-electron chi connectivity index (χ4n) is 4.82. The molecule has 180 valence electrons. The zero-order valence-electron chi connectivity index (χ0n) is 20.6. The van der Waals surface area contributed by atoms with Crippen molar-refractivity contribution in [2.45, 2.75) is 40.7 Å². The number of nitrogens with zero attached hydrogens (tertiary/aromatic N) is 5. The SMILES string of the molecule is CCNC(=NCc1ccc(N2CCN(CC)CC2)c(F)c1)N1CCC(CN(CC)CC)C1. The average molecular weight is 447 g/mol. The van der Waals surface area contributed by atoms with Crippen LogP contribution in [0.1, 0.15) is 39.7 Å². The summed E-state index contributed by atoms with van der Waals surface area (Å²) in [6, 6.07) is 5.64. The Labute approximate surface area is 194 Å². The molecule has 1 N–H and O–H groups in total. The number of hydrogen-bond acceptors (Lipinski definition) is 4. The first-order valence-electron chi connectivity index (χ1n) is 12.6. The Hall–Kier alpha value is -1.86. The zero-order chi connectivity index (χ0) is 22.9. The molecule has 6 nitrogen and oxygen atoms in total. The molecule has 2 aliphatic heterocycles. The summed E-state index contributed by atoms with van der Waals surface area (Å²) in [5, 5.41) is 3.44. The van der Waals surface area contributed by atoms with E-state index >= 15 is 0 Å². The largest absolute Gasteiger partial charge is 0.367 e. The number of guanidine groups is 1. The molecule has 0 aliphatic carbocycles. The van der Waals surface area contributed by atoms with Gasteiger partial charge in [-0.05, 0) is 56.6 Å². The van der Waals surface area contributed by atoms with Gasteiger partial charge in [-0.2, -0.15) is 0 Å². The average Bonchev–Trinajstić information content (AvgIpc) is 3.28. The predicted molar refractivity (Wildman–Crippen MR) is 133 cm³/mol. The molecule has 0 bridgehead atoms. The predicted octanol–water partition coefficient (Wildman–Crippen LogP) is 3.10. The van der Waals surface area contributed by atoms with Crippen LogP contribution in [-0.4, -0.2) is 92.7 Å². The fourth-order valence-corrected chi connectivity index (χ4v) is 4.82. The molecule has 1 unspecified atom stereocenters. The van der Waals surface area contributed by atoms with Crippen LogP contribution in [0.5, 0.6) is 0 Å². The summed E-state index contributed by atoms with van der Waals surface area (Å²) in [6.07, 6.45) is 1.20. The molecule has 1 aromatic rings. The second-order valence-corrected chi connectivity index (χ2v) is 8.96. The third-order valence-corrected chi connectivity index (χ3v) is 6.91. The quantitative estimate of drug-likeness (QED) is 0.466. The minimum absolute atomic E-state index is 0.131. The molecule has 1 atom stereocenters. The number of rotatable bonds is 9. The van der Waals surface area contributed by atoms with Crippen LogP contribution in [0.4, 0.5) is 10.1 Å². The summed E-state index contributed by atoms with van der Waals surface area (Å²) < 4.78 is 14.9. The van der Waals surface area contributed by atoms with Gasteiger partial charge >= 0.3 is 0 Å². The highest BCUT2D eigenvalue weighted by molar-refractivity contribution is 5.80. The van der Waals surface area contributed by atoms with Gasteiger partial charge in [0.05, 0.1) is 12.2 Å². The van der Waals surface area contributed by atoms with Crippen LogP contribution in [0.25, 0.3) is 0 Å². The lowest BCUT2D eigenvalue weighted by Gasteiger charge is -2.35. The van der Waals surface area contributed by atoms with Gasteiger partial charge in [-0.3, -0.25) is 0 Å². The van der Waals surface area contributed by atoms with Crippen LogP contribution >= 0.6 is 0 Å². The van der Waals surface area contributed by atoms with E-state index in [-0.39, 0.29) is 5.82 Å². The number of aliphatic imine (C=N–C) groups is 1. The number of likely N-dealkylation sites (N-methyl/N-ethyl adjacent to an activating group) is 1. The van der Waals surface area contributed by atoms with E-state index in [1.165, 1.54) is 6.42 Å². The van der Waals surface area contributed by atoms with E-state index < -0.39 is 0 Å². The molecule has 0 amide bonds. The highest BCUT2D eigenvalue weighted by Gasteiger charge is 2.26. The Bertz CT molecular complexity index is 727. The third-order valence-electron chi connectivity index (χ3n) is 6.91. The number of piperazine rings is 1. The Balaban J connectivity index is 1.60. The van der Waals surface area contributed by atoms with Crippen LogP contribution in [-0.2, 0) is 6.54 Å². The molecular weight excluding hydrogens is 403 g/mol. The highest BCUT2D eigenvalue weighted by atomic mass is 19.1. The van der Waals surface area contributed by atoms with Crippen molar-refractivity contribution in [3.05, 3.63) is 29.6 Å². The molecule has 1 aromatic carbocycles. The molecule has 0 saturated carbocycles. The number of nitrogens with one attached hydrogen (secondary N) is 1. The van der Waals surface area contributed by atoms with E-state index in [4.69, 9.17) is 4.99 Å². The van der Waals surface area contributed by atoms with E-state index in [2.05, 4.69) is 52.6 Å². The smallest absolute Gasteiger partial charge is 0.194 e. The minimum atomic E-state index is -0.131. The van der Waals surface area contributed by atoms with Gasteiger partial charge in [0.15, 0.2) is 5.96 Å². The Morgan fingerprint density at radius 1 is 1.09 bits per heavy atom. The lowest BCUT2D eigenvalue weighted by Crippen LogP contribution is -2.46. The van der Waals surface area contributed by atoms with Gasteiger partial charge in [-0.1, -0.05) is 26.8 Å². The van der Waals surface area contributed by atoms with E-state index in [9.17, 15) is 4.39 Å². The summed E-state index contributed by atoms with van der Waals surface area (Å²) in [5.74, 6) is 1.51. The molecule has 32 heavy (non-hydrogen) atoms. The molecule has 2 fully saturated rings. The maximum Gasteiger partial charge on any atom is 0.194 e. The highest BCUT2D eigenvalue weighted by Crippen LogP contribution is 2.23. The summed E-state index contributed by atoms with van der Waals surface area (Å²) in [5.41, 5.74) is 1.65. The minimum Gasteiger partial charge on any atom is -0.367 e. The molecule has 2 heterocycles. The second-order valence-electron chi connectivity index (χ2n) is 8.96. The second kappa shape index (κ2) is 12.4. The number of anilines is 1.